The number of nitro groups is 1. The van der Waals surface area contributed by atoms with Crippen LogP contribution in [0.1, 0.15) is 11.3 Å². The molecule has 0 bridgehead atoms. The highest BCUT2D eigenvalue weighted by atomic mass is 35.5. The zero-order valence-corrected chi connectivity index (χ0v) is 15.3. The van der Waals surface area contributed by atoms with Crippen LogP contribution >= 0.6 is 22.9 Å². The molecule has 0 aliphatic rings. The molecule has 3 aromatic heterocycles. The summed E-state index contributed by atoms with van der Waals surface area (Å²) in [6.45, 7) is 2.70. The number of thiazole rings is 1. The predicted octanol–water partition coefficient (Wildman–Crippen LogP) is 4.47. The highest BCUT2D eigenvalue weighted by molar-refractivity contribution is 7.22. The number of nitro benzene ring substituents is 1. The molecule has 26 heavy (non-hydrogen) atoms. The fourth-order valence-corrected chi connectivity index (χ4v) is 3.91. The third-order valence-corrected chi connectivity index (χ3v) is 5.32. The van der Waals surface area contributed by atoms with Crippen molar-refractivity contribution in [3.05, 3.63) is 63.1 Å². The highest BCUT2D eigenvalue weighted by Gasteiger charge is 2.16. The van der Waals surface area contributed by atoms with Crippen LogP contribution < -0.4 is 5.32 Å². The first-order valence-corrected chi connectivity index (χ1v) is 9.12. The first-order valence-electron chi connectivity index (χ1n) is 7.93. The van der Waals surface area contributed by atoms with Crippen LogP contribution in [-0.2, 0) is 6.42 Å². The largest absolute Gasteiger partial charge is 0.361 e. The Kier molecular flexibility index (Phi) is 4.21. The zero-order valence-electron chi connectivity index (χ0n) is 13.8. The standard InChI is InChI=1S/C17H14ClN5O2S/c1-10-3-2-6-22-9-11(20-16(10)22)4-5-19-17-21-13-7-12(18)14(23(24)25)8-15(13)26-17/h2-3,6-9H,4-5H2,1H3,(H,19,21). The van der Waals surface area contributed by atoms with E-state index in [1.165, 1.54) is 23.5 Å². The van der Waals surface area contributed by atoms with Crippen LogP contribution in [0, 0.1) is 17.0 Å². The number of halogens is 1. The number of nitrogens with zero attached hydrogens (tertiary/aromatic N) is 4. The van der Waals surface area contributed by atoms with Crippen LogP contribution in [0.5, 0.6) is 0 Å². The summed E-state index contributed by atoms with van der Waals surface area (Å²) in [4.78, 5) is 19.6. The number of nitrogens with one attached hydrogen (secondary N) is 1. The van der Waals surface area contributed by atoms with E-state index in [1.807, 2.05) is 35.9 Å². The summed E-state index contributed by atoms with van der Waals surface area (Å²) >= 11 is 7.30. The molecule has 0 unspecified atom stereocenters. The molecular formula is C17H14ClN5O2S. The summed E-state index contributed by atoms with van der Waals surface area (Å²) in [5.41, 5.74) is 3.64. The molecule has 0 radical (unpaired) electrons. The van der Waals surface area contributed by atoms with E-state index >= 15 is 0 Å². The third kappa shape index (κ3) is 3.09. The van der Waals surface area contributed by atoms with Gasteiger partial charge in [0.05, 0.1) is 20.8 Å². The Morgan fingerprint density at radius 2 is 2.23 bits per heavy atom. The number of pyridine rings is 1. The van der Waals surface area contributed by atoms with Crippen LogP contribution in [0.4, 0.5) is 10.8 Å². The molecule has 1 aromatic carbocycles. The van der Waals surface area contributed by atoms with E-state index in [2.05, 4.69) is 15.3 Å². The maximum absolute atomic E-state index is 11.0. The van der Waals surface area contributed by atoms with Crippen molar-refractivity contribution in [1.29, 1.82) is 0 Å². The molecule has 0 saturated heterocycles. The average molecular weight is 388 g/mol. The molecule has 0 atom stereocenters. The van der Waals surface area contributed by atoms with Crippen molar-refractivity contribution in [2.45, 2.75) is 13.3 Å². The normalized spacial score (nSPS) is 11.3. The Morgan fingerprint density at radius 3 is 3.00 bits per heavy atom. The average Bonchev–Trinajstić information content (AvgIpc) is 3.17. The van der Waals surface area contributed by atoms with Gasteiger partial charge in [-0.25, -0.2) is 9.97 Å². The van der Waals surface area contributed by atoms with Gasteiger partial charge in [0, 0.05) is 31.4 Å². The number of anilines is 1. The number of hydrogen-bond acceptors (Lipinski definition) is 6. The van der Waals surface area contributed by atoms with Crippen molar-refractivity contribution in [2.75, 3.05) is 11.9 Å². The minimum absolute atomic E-state index is 0.0967. The number of benzene rings is 1. The van der Waals surface area contributed by atoms with Gasteiger partial charge in [0.1, 0.15) is 10.7 Å². The number of aryl methyl sites for hydroxylation is 1. The van der Waals surface area contributed by atoms with E-state index in [1.54, 1.807) is 0 Å². The molecule has 7 nitrogen and oxygen atoms in total. The quantitative estimate of drug-likeness (QED) is 0.403. The van der Waals surface area contributed by atoms with Gasteiger partial charge >= 0.3 is 0 Å². The Bertz CT molecular complexity index is 1140. The lowest BCUT2D eigenvalue weighted by Crippen LogP contribution is -2.04. The fourth-order valence-electron chi connectivity index (χ4n) is 2.78. The van der Waals surface area contributed by atoms with Gasteiger partial charge in [-0.05, 0) is 24.6 Å². The Balaban J connectivity index is 1.48. The van der Waals surface area contributed by atoms with Gasteiger partial charge in [-0.15, -0.1) is 0 Å². The summed E-state index contributed by atoms with van der Waals surface area (Å²) in [5, 5.41) is 15.0. The van der Waals surface area contributed by atoms with Crippen molar-refractivity contribution in [1.82, 2.24) is 14.4 Å². The fraction of sp³-hybridized carbons (Fsp3) is 0.176. The van der Waals surface area contributed by atoms with Gasteiger partial charge in [0.2, 0.25) is 0 Å². The SMILES string of the molecule is Cc1cccn2cc(CCNc3nc4cc(Cl)c([N+](=O)[O-])cc4s3)nc12. The van der Waals surface area contributed by atoms with Crippen molar-refractivity contribution in [2.24, 2.45) is 0 Å². The topological polar surface area (TPSA) is 85.4 Å². The summed E-state index contributed by atoms with van der Waals surface area (Å²) in [7, 11) is 0. The van der Waals surface area contributed by atoms with Crippen LogP contribution in [0.15, 0.2) is 36.7 Å². The zero-order chi connectivity index (χ0) is 18.3. The monoisotopic (exact) mass is 387 g/mol. The Labute approximate surface area is 157 Å². The molecule has 4 rings (SSSR count). The molecule has 3 heterocycles. The number of imidazole rings is 1. The highest BCUT2D eigenvalue weighted by Crippen LogP contribution is 2.34. The van der Waals surface area contributed by atoms with Crippen LogP contribution in [-0.4, -0.2) is 25.8 Å². The van der Waals surface area contributed by atoms with Crippen molar-refractivity contribution in [3.8, 4) is 0 Å². The van der Waals surface area contributed by atoms with Crippen LogP contribution in [0.3, 0.4) is 0 Å². The van der Waals surface area contributed by atoms with E-state index in [0.29, 0.717) is 17.2 Å². The maximum atomic E-state index is 11.0. The number of fused-ring (bicyclic) bond motifs is 2. The lowest BCUT2D eigenvalue weighted by atomic mass is 10.3. The van der Waals surface area contributed by atoms with E-state index < -0.39 is 4.92 Å². The van der Waals surface area contributed by atoms with Crippen LogP contribution in [0.2, 0.25) is 5.02 Å². The summed E-state index contributed by atoms with van der Waals surface area (Å²) in [6.07, 6.45) is 4.75. The molecule has 0 saturated carbocycles. The second-order valence-corrected chi connectivity index (χ2v) is 7.32. The van der Waals surface area contributed by atoms with Crippen molar-refractivity contribution < 1.29 is 4.92 Å². The molecule has 4 aromatic rings. The predicted molar refractivity (Wildman–Crippen MR) is 103 cm³/mol. The van der Waals surface area contributed by atoms with Gasteiger partial charge in [-0.1, -0.05) is 29.0 Å². The van der Waals surface area contributed by atoms with Gasteiger partial charge in [0.15, 0.2) is 5.13 Å². The molecular weight excluding hydrogens is 374 g/mol. The summed E-state index contributed by atoms with van der Waals surface area (Å²) in [5.74, 6) is 0. The van der Waals surface area contributed by atoms with Crippen molar-refractivity contribution >= 4 is 49.6 Å². The minimum Gasteiger partial charge on any atom is -0.361 e. The lowest BCUT2D eigenvalue weighted by molar-refractivity contribution is -0.384. The molecule has 0 spiro atoms. The van der Waals surface area contributed by atoms with E-state index in [0.717, 1.165) is 28.0 Å². The van der Waals surface area contributed by atoms with E-state index in [4.69, 9.17) is 11.6 Å². The Morgan fingerprint density at radius 1 is 1.38 bits per heavy atom. The van der Waals surface area contributed by atoms with Gasteiger partial charge in [-0.2, -0.15) is 0 Å². The lowest BCUT2D eigenvalue weighted by Gasteiger charge is -1.99. The summed E-state index contributed by atoms with van der Waals surface area (Å²) < 4.78 is 2.75. The van der Waals surface area contributed by atoms with Crippen molar-refractivity contribution in [3.63, 3.8) is 0 Å². The van der Waals surface area contributed by atoms with E-state index in [9.17, 15) is 10.1 Å². The number of hydrogen-bond donors (Lipinski definition) is 1. The maximum Gasteiger partial charge on any atom is 0.289 e. The first-order chi connectivity index (χ1) is 12.5. The van der Waals surface area contributed by atoms with Crippen LogP contribution in [0.25, 0.3) is 15.9 Å². The second-order valence-electron chi connectivity index (χ2n) is 5.88. The molecule has 0 aliphatic heterocycles. The number of aromatic nitrogens is 3. The number of rotatable bonds is 5. The molecule has 0 aliphatic carbocycles. The minimum atomic E-state index is -0.486. The molecule has 132 valence electrons. The molecule has 0 amide bonds. The smallest absolute Gasteiger partial charge is 0.289 e. The molecule has 9 heteroatoms. The first kappa shape index (κ1) is 16.7. The van der Waals surface area contributed by atoms with Gasteiger partial charge in [0.25, 0.3) is 5.69 Å². The Hall–Kier alpha value is -2.71. The summed E-state index contributed by atoms with van der Waals surface area (Å²) in [6, 6.07) is 7.03. The van der Waals surface area contributed by atoms with E-state index in [-0.39, 0.29) is 10.7 Å². The van der Waals surface area contributed by atoms with Gasteiger partial charge in [-0.3, -0.25) is 10.1 Å². The second kappa shape index (κ2) is 6.54. The van der Waals surface area contributed by atoms with Gasteiger partial charge < -0.3 is 9.72 Å². The molecule has 0 fully saturated rings. The molecule has 1 N–H and O–H groups in total. The third-order valence-electron chi connectivity index (χ3n) is 4.04.